The molecule has 2 nitrogen and oxygen atoms in total. The summed E-state index contributed by atoms with van der Waals surface area (Å²) in [6.07, 6.45) is -4.65. The number of halogens is 7. The van der Waals surface area contributed by atoms with E-state index in [1.54, 1.807) is 30.3 Å². The fourth-order valence-electron chi connectivity index (χ4n) is 2.44. The van der Waals surface area contributed by atoms with Gasteiger partial charge in [0.15, 0.2) is 17.5 Å². The summed E-state index contributed by atoms with van der Waals surface area (Å²) in [5.41, 5.74) is -1.12. The van der Waals surface area contributed by atoms with Crippen LogP contribution in [0.25, 0.3) is 0 Å². The summed E-state index contributed by atoms with van der Waals surface area (Å²) in [4.78, 5) is 0. The van der Waals surface area contributed by atoms with Crippen molar-refractivity contribution in [1.29, 1.82) is 0 Å². The van der Waals surface area contributed by atoms with Gasteiger partial charge in [0.2, 0.25) is 0 Å². The average Bonchev–Trinajstić information content (AvgIpc) is 2.64. The maximum absolute atomic E-state index is 14.2. The minimum Gasteiger partial charge on any atom is -0.489 e. The van der Waals surface area contributed by atoms with E-state index >= 15 is 0 Å². The lowest BCUT2D eigenvalue weighted by atomic mass is 10.1. The van der Waals surface area contributed by atoms with Gasteiger partial charge in [0, 0.05) is 24.3 Å². The highest BCUT2D eigenvalue weighted by Crippen LogP contribution is 2.37. The van der Waals surface area contributed by atoms with Gasteiger partial charge in [0.05, 0.1) is 0 Å². The summed E-state index contributed by atoms with van der Waals surface area (Å²) in [7, 11) is 0. The highest BCUT2D eigenvalue weighted by Gasteiger charge is 2.41. The summed E-state index contributed by atoms with van der Waals surface area (Å²) in [6, 6.07) is 9.82. The molecule has 0 amide bonds. The second-order valence-electron chi connectivity index (χ2n) is 5.86. The van der Waals surface area contributed by atoms with Crippen LogP contribution in [-0.2, 0) is 12.7 Å². The number of benzene rings is 3. The van der Waals surface area contributed by atoms with Crippen molar-refractivity contribution in [2.75, 3.05) is 0 Å². The summed E-state index contributed by atoms with van der Waals surface area (Å²) >= 11 is 0. The first-order valence-electron chi connectivity index (χ1n) is 8.05. The van der Waals surface area contributed by atoms with Gasteiger partial charge in [-0.15, -0.1) is 0 Å². The molecule has 152 valence electrons. The smallest absolute Gasteiger partial charge is 0.432 e. The van der Waals surface area contributed by atoms with Crippen molar-refractivity contribution >= 4 is 0 Å². The molecule has 3 rings (SSSR count). The fourth-order valence-corrected chi connectivity index (χ4v) is 2.44. The van der Waals surface area contributed by atoms with Gasteiger partial charge in [0.25, 0.3) is 0 Å². The molecule has 0 unspecified atom stereocenters. The minimum atomic E-state index is -4.65. The number of ether oxygens (including phenoxy) is 2. The van der Waals surface area contributed by atoms with E-state index in [2.05, 4.69) is 4.74 Å². The molecule has 0 aromatic heterocycles. The SMILES string of the molecule is Fc1cc(OC(F)(F)c2c(F)cc(OCc3ccccc3)cc2F)cc(F)c1F. The van der Waals surface area contributed by atoms with Gasteiger partial charge in [-0.3, -0.25) is 0 Å². The van der Waals surface area contributed by atoms with Crippen LogP contribution >= 0.6 is 0 Å². The molecule has 0 radical (unpaired) electrons. The Labute approximate surface area is 160 Å². The van der Waals surface area contributed by atoms with Crippen molar-refractivity contribution in [1.82, 2.24) is 0 Å². The Hall–Kier alpha value is -3.23. The van der Waals surface area contributed by atoms with Crippen LogP contribution in [0.4, 0.5) is 30.7 Å². The van der Waals surface area contributed by atoms with Crippen molar-refractivity contribution in [2.45, 2.75) is 12.7 Å². The van der Waals surface area contributed by atoms with E-state index in [-0.39, 0.29) is 24.5 Å². The van der Waals surface area contributed by atoms with Gasteiger partial charge >= 0.3 is 6.11 Å². The molecule has 9 heteroatoms. The van der Waals surface area contributed by atoms with Gasteiger partial charge < -0.3 is 9.47 Å². The third-order valence-corrected chi connectivity index (χ3v) is 3.76. The Balaban J connectivity index is 1.83. The van der Waals surface area contributed by atoms with Crippen LogP contribution in [0.15, 0.2) is 54.6 Å². The zero-order valence-corrected chi connectivity index (χ0v) is 14.4. The van der Waals surface area contributed by atoms with Crippen LogP contribution < -0.4 is 9.47 Å². The summed E-state index contributed by atoms with van der Waals surface area (Å²) in [6.45, 7) is -0.0694. The quantitative estimate of drug-likeness (QED) is 0.358. The monoisotopic (exact) mass is 416 g/mol. The largest absolute Gasteiger partial charge is 0.489 e. The molecule has 3 aromatic rings. The predicted octanol–water partition coefficient (Wildman–Crippen LogP) is 6.09. The molecule has 0 saturated heterocycles. The van der Waals surface area contributed by atoms with Gasteiger partial charge in [-0.1, -0.05) is 30.3 Å². The molecule has 0 fully saturated rings. The van der Waals surface area contributed by atoms with Crippen LogP contribution in [0.5, 0.6) is 11.5 Å². The molecule has 0 heterocycles. The minimum absolute atomic E-state index is 0.0694. The molecule has 0 saturated carbocycles. The highest BCUT2D eigenvalue weighted by molar-refractivity contribution is 5.34. The second kappa shape index (κ2) is 8.02. The number of alkyl halides is 2. The maximum atomic E-state index is 14.2. The number of rotatable bonds is 6. The Kier molecular flexibility index (Phi) is 5.67. The van der Waals surface area contributed by atoms with Crippen LogP contribution in [0.2, 0.25) is 0 Å². The van der Waals surface area contributed by atoms with Crippen molar-refractivity contribution in [3.8, 4) is 11.5 Å². The third kappa shape index (κ3) is 4.61. The van der Waals surface area contributed by atoms with Crippen molar-refractivity contribution in [3.63, 3.8) is 0 Å². The molecular weight excluding hydrogens is 405 g/mol. The van der Waals surface area contributed by atoms with E-state index < -0.39 is 46.5 Å². The van der Waals surface area contributed by atoms with E-state index in [1.807, 2.05) is 0 Å². The van der Waals surface area contributed by atoms with E-state index in [1.165, 1.54) is 0 Å². The van der Waals surface area contributed by atoms with Gasteiger partial charge in [0.1, 0.15) is 35.3 Å². The topological polar surface area (TPSA) is 18.5 Å². The van der Waals surface area contributed by atoms with Crippen LogP contribution in [-0.4, -0.2) is 0 Å². The first-order valence-corrected chi connectivity index (χ1v) is 8.05. The summed E-state index contributed by atoms with van der Waals surface area (Å²) in [5, 5.41) is 0. The summed E-state index contributed by atoms with van der Waals surface area (Å²) in [5.74, 6) is -10.4. The zero-order valence-electron chi connectivity index (χ0n) is 14.4. The molecule has 29 heavy (non-hydrogen) atoms. The molecule has 0 atom stereocenters. The van der Waals surface area contributed by atoms with Crippen LogP contribution in [0.1, 0.15) is 11.1 Å². The highest BCUT2D eigenvalue weighted by atomic mass is 19.3. The standard InChI is InChI=1S/C20H11F7O2/c21-14-6-12(28-10-11-4-2-1-3-5-11)7-15(22)18(14)20(26,27)29-13-8-16(23)19(25)17(24)9-13/h1-9H,10H2. The lowest BCUT2D eigenvalue weighted by molar-refractivity contribution is -0.189. The van der Waals surface area contributed by atoms with Crippen molar-refractivity contribution in [3.05, 3.63) is 94.8 Å². The Morgan fingerprint density at radius 1 is 0.690 bits per heavy atom. The van der Waals surface area contributed by atoms with E-state index in [4.69, 9.17) is 4.74 Å². The van der Waals surface area contributed by atoms with Crippen LogP contribution in [0.3, 0.4) is 0 Å². The van der Waals surface area contributed by atoms with E-state index in [0.717, 1.165) is 0 Å². The van der Waals surface area contributed by atoms with Gasteiger partial charge in [-0.05, 0) is 5.56 Å². The lowest BCUT2D eigenvalue weighted by Gasteiger charge is -2.20. The van der Waals surface area contributed by atoms with Crippen molar-refractivity contribution < 1.29 is 40.2 Å². The predicted molar refractivity (Wildman–Crippen MR) is 88.0 cm³/mol. The second-order valence-corrected chi connectivity index (χ2v) is 5.86. The third-order valence-electron chi connectivity index (χ3n) is 3.76. The lowest BCUT2D eigenvalue weighted by Crippen LogP contribution is -2.25. The van der Waals surface area contributed by atoms with Crippen molar-refractivity contribution in [2.24, 2.45) is 0 Å². The molecule has 0 aliphatic rings. The van der Waals surface area contributed by atoms with E-state index in [9.17, 15) is 30.7 Å². The molecule has 0 bridgehead atoms. The van der Waals surface area contributed by atoms with Crippen LogP contribution in [0, 0.1) is 29.1 Å². The first kappa shape index (κ1) is 20.5. The molecule has 0 N–H and O–H groups in total. The Morgan fingerprint density at radius 2 is 1.21 bits per heavy atom. The zero-order chi connectivity index (χ0) is 21.2. The molecule has 3 aromatic carbocycles. The molecule has 0 aliphatic carbocycles. The van der Waals surface area contributed by atoms with E-state index in [0.29, 0.717) is 17.7 Å². The Morgan fingerprint density at radius 3 is 1.76 bits per heavy atom. The molecule has 0 spiro atoms. The van der Waals surface area contributed by atoms with Gasteiger partial charge in [-0.2, -0.15) is 8.78 Å². The first-order chi connectivity index (χ1) is 13.7. The molecule has 0 aliphatic heterocycles. The normalized spacial score (nSPS) is 11.4. The molecular formula is C20H11F7O2. The number of hydrogen-bond donors (Lipinski definition) is 0. The number of hydrogen-bond acceptors (Lipinski definition) is 2. The Bertz CT molecular complexity index is 977. The summed E-state index contributed by atoms with van der Waals surface area (Å²) < 4.78 is 105. The fraction of sp³-hybridized carbons (Fsp3) is 0.100. The maximum Gasteiger partial charge on any atom is 0.432 e. The average molecular weight is 416 g/mol. The van der Waals surface area contributed by atoms with Gasteiger partial charge in [-0.25, -0.2) is 22.0 Å².